The zero-order valence-corrected chi connectivity index (χ0v) is 9.96. The highest BCUT2D eigenvalue weighted by atomic mass is 19.2. The van der Waals surface area contributed by atoms with Gasteiger partial charge in [0.05, 0.1) is 6.54 Å². The number of likely N-dealkylation sites (N-methyl/N-ethyl adjacent to an activating group) is 1. The number of carbonyl (C=O) groups is 1. The number of benzene rings is 1. The number of nitrogens with one attached hydrogen (secondary N) is 1. The van der Waals surface area contributed by atoms with Crippen LogP contribution in [0.4, 0.5) is 8.78 Å². The molecule has 1 rings (SSSR count). The summed E-state index contributed by atoms with van der Waals surface area (Å²) in [6, 6.07) is 3.99. The Morgan fingerprint density at radius 3 is 2.76 bits per heavy atom. The highest BCUT2D eigenvalue weighted by Crippen LogP contribution is 2.10. The molecular formula is C12H16F2N2O. The van der Waals surface area contributed by atoms with Gasteiger partial charge < -0.3 is 10.2 Å². The molecule has 0 saturated carbocycles. The van der Waals surface area contributed by atoms with Gasteiger partial charge in [0.25, 0.3) is 0 Å². The van der Waals surface area contributed by atoms with E-state index in [1.807, 2.05) is 6.92 Å². The van der Waals surface area contributed by atoms with Gasteiger partial charge in [0.15, 0.2) is 11.6 Å². The average Bonchev–Trinajstić information content (AvgIpc) is 2.33. The minimum atomic E-state index is -0.874. The summed E-state index contributed by atoms with van der Waals surface area (Å²) in [6.45, 7) is 2.73. The second-order valence-corrected chi connectivity index (χ2v) is 3.72. The first-order valence-corrected chi connectivity index (χ1v) is 5.43. The lowest BCUT2D eigenvalue weighted by molar-refractivity contribution is -0.128. The fourth-order valence-corrected chi connectivity index (χ4v) is 1.30. The van der Waals surface area contributed by atoms with Gasteiger partial charge in [0.1, 0.15) is 0 Å². The minimum Gasteiger partial charge on any atom is -0.345 e. The largest absolute Gasteiger partial charge is 0.345 e. The zero-order chi connectivity index (χ0) is 12.8. The van der Waals surface area contributed by atoms with E-state index in [0.717, 1.165) is 6.07 Å². The van der Waals surface area contributed by atoms with Crippen molar-refractivity contribution in [2.45, 2.75) is 13.5 Å². The third-order valence-corrected chi connectivity index (χ3v) is 2.52. The number of carbonyl (C=O) groups excluding carboxylic acids is 1. The lowest BCUT2D eigenvalue weighted by atomic mass is 10.2. The SMILES string of the molecule is CCN(C)C(=O)CNCc1cccc(F)c1F. The van der Waals surface area contributed by atoms with Crippen LogP contribution in [0.2, 0.25) is 0 Å². The van der Waals surface area contributed by atoms with Crippen molar-refractivity contribution in [3.63, 3.8) is 0 Å². The van der Waals surface area contributed by atoms with Gasteiger partial charge in [-0.2, -0.15) is 0 Å². The Morgan fingerprint density at radius 2 is 2.12 bits per heavy atom. The molecule has 0 aliphatic heterocycles. The highest BCUT2D eigenvalue weighted by Gasteiger charge is 2.09. The number of amides is 1. The molecule has 1 N–H and O–H groups in total. The maximum absolute atomic E-state index is 13.2. The summed E-state index contributed by atoms with van der Waals surface area (Å²) in [5, 5.41) is 2.79. The van der Waals surface area contributed by atoms with Crippen molar-refractivity contribution in [2.75, 3.05) is 20.1 Å². The molecule has 1 aromatic rings. The van der Waals surface area contributed by atoms with Crippen LogP contribution < -0.4 is 5.32 Å². The molecule has 1 aromatic carbocycles. The van der Waals surface area contributed by atoms with Gasteiger partial charge in [-0.15, -0.1) is 0 Å². The Balaban J connectivity index is 2.46. The van der Waals surface area contributed by atoms with Crippen LogP contribution in [-0.2, 0) is 11.3 Å². The van der Waals surface area contributed by atoms with Gasteiger partial charge in [-0.05, 0) is 13.0 Å². The summed E-state index contributed by atoms with van der Waals surface area (Å²) in [5.41, 5.74) is 0.219. The standard InChI is InChI=1S/C12H16F2N2O/c1-3-16(2)11(17)8-15-7-9-5-4-6-10(13)12(9)14/h4-6,15H,3,7-8H2,1-2H3. The van der Waals surface area contributed by atoms with Crippen LogP contribution in [0, 0.1) is 11.6 Å². The first-order chi connectivity index (χ1) is 8.06. The maximum Gasteiger partial charge on any atom is 0.236 e. The molecule has 1 amide bonds. The van der Waals surface area contributed by atoms with E-state index in [1.165, 1.54) is 12.1 Å². The Hall–Kier alpha value is -1.49. The van der Waals surface area contributed by atoms with Crippen molar-refractivity contribution in [3.8, 4) is 0 Å². The summed E-state index contributed by atoms with van der Waals surface area (Å²) in [6.07, 6.45) is 0. The van der Waals surface area contributed by atoms with Crippen LogP contribution in [0.3, 0.4) is 0 Å². The van der Waals surface area contributed by atoms with E-state index in [-0.39, 0.29) is 24.6 Å². The van der Waals surface area contributed by atoms with Crippen LogP contribution in [-0.4, -0.2) is 30.9 Å². The van der Waals surface area contributed by atoms with Crippen molar-refractivity contribution in [2.24, 2.45) is 0 Å². The number of halogens is 2. The van der Waals surface area contributed by atoms with Crippen molar-refractivity contribution in [1.82, 2.24) is 10.2 Å². The molecule has 0 fully saturated rings. The van der Waals surface area contributed by atoms with Gasteiger partial charge in [0.2, 0.25) is 5.91 Å². The molecule has 0 aliphatic carbocycles. The Kier molecular flexibility index (Phi) is 5.03. The van der Waals surface area contributed by atoms with Gasteiger partial charge in [0, 0.05) is 25.7 Å². The van der Waals surface area contributed by atoms with Gasteiger partial charge in [-0.1, -0.05) is 12.1 Å². The number of nitrogens with zero attached hydrogens (tertiary/aromatic N) is 1. The van der Waals surface area contributed by atoms with E-state index in [0.29, 0.717) is 6.54 Å². The maximum atomic E-state index is 13.2. The fraction of sp³-hybridized carbons (Fsp3) is 0.417. The number of rotatable bonds is 5. The first-order valence-electron chi connectivity index (χ1n) is 5.43. The normalized spacial score (nSPS) is 10.4. The molecule has 3 nitrogen and oxygen atoms in total. The van der Waals surface area contributed by atoms with Crippen LogP contribution in [0.15, 0.2) is 18.2 Å². The molecule has 0 atom stereocenters. The summed E-state index contributed by atoms with van der Waals surface area (Å²) in [4.78, 5) is 13.0. The molecule has 0 spiro atoms. The van der Waals surface area contributed by atoms with Crippen LogP contribution >= 0.6 is 0 Å². The predicted octanol–water partition coefficient (Wildman–Crippen LogP) is 1.53. The second kappa shape index (κ2) is 6.30. The van der Waals surface area contributed by atoms with Crippen molar-refractivity contribution < 1.29 is 13.6 Å². The molecule has 17 heavy (non-hydrogen) atoms. The summed E-state index contributed by atoms with van der Waals surface area (Å²) in [7, 11) is 1.69. The first kappa shape index (κ1) is 13.6. The third-order valence-electron chi connectivity index (χ3n) is 2.52. The van der Waals surface area contributed by atoms with Crippen molar-refractivity contribution >= 4 is 5.91 Å². The highest BCUT2D eigenvalue weighted by molar-refractivity contribution is 5.77. The lowest BCUT2D eigenvalue weighted by Gasteiger charge is -2.14. The van der Waals surface area contributed by atoms with Crippen LogP contribution in [0.25, 0.3) is 0 Å². The molecule has 0 saturated heterocycles. The van der Waals surface area contributed by atoms with Gasteiger partial charge in [-0.3, -0.25) is 4.79 Å². The van der Waals surface area contributed by atoms with E-state index in [2.05, 4.69) is 5.32 Å². The van der Waals surface area contributed by atoms with Crippen molar-refractivity contribution in [1.29, 1.82) is 0 Å². The topological polar surface area (TPSA) is 32.3 Å². The minimum absolute atomic E-state index is 0.0793. The monoisotopic (exact) mass is 242 g/mol. The molecule has 0 aliphatic rings. The van der Waals surface area contributed by atoms with Crippen molar-refractivity contribution in [3.05, 3.63) is 35.4 Å². The molecule has 94 valence electrons. The van der Waals surface area contributed by atoms with Gasteiger partial charge in [-0.25, -0.2) is 8.78 Å². The molecule has 0 bridgehead atoms. The Morgan fingerprint density at radius 1 is 1.41 bits per heavy atom. The van der Waals surface area contributed by atoms with E-state index < -0.39 is 11.6 Å². The summed E-state index contributed by atoms with van der Waals surface area (Å²) in [5.74, 6) is -1.82. The van der Waals surface area contributed by atoms with Crippen LogP contribution in [0.5, 0.6) is 0 Å². The zero-order valence-electron chi connectivity index (χ0n) is 9.96. The lowest BCUT2D eigenvalue weighted by Crippen LogP contribution is -2.35. The van der Waals surface area contributed by atoms with E-state index in [4.69, 9.17) is 0 Å². The molecule has 5 heteroatoms. The fourth-order valence-electron chi connectivity index (χ4n) is 1.30. The molecular weight excluding hydrogens is 226 g/mol. The Bertz CT molecular complexity index is 396. The Labute approximate surface area is 99.4 Å². The summed E-state index contributed by atoms with van der Waals surface area (Å²) >= 11 is 0. The van der Waals surface area contributed by atoms with E-state index >= 15 is 0 Å². The van der Waals surface area contributed by atoms with E-state index in [9.17, 15) is 13.6 Å². The quantitative estimate of drug-likeness (QED) is 0.849. The summed E-state index contributed by atoms with van der Waals surface area (Å²) < 4.78 is 26.1. The smallest absolute Gasteiger partial charge is 0.236 e. The number of hydrogen-bond donors (Lipinski definition) is 1. The second-order valence-electron chi connectivity index (χ2n) is 3.72. The molecule has 0 heterocycles. The third kappa shape index (κ3) is 3.78. The predicted molar refractivity (Wildman–Crippen MR) is 61.4 cm³/mol. The van der Waals surface area contributed by atoms with Gasteiger partial charge >= 0.3 is 0 Å². The molecule has 0 unspecified atom stereocenters. The average molecular weight is 242 g/mol. The molecule has 0 aromatic heterocycles. The molecule has 0 radical (unpaired) electrons. The van der Waals surface area contributed by atoms with Crippen LogP contribution in [0.1, 0.15) is 12.5 Å². The number of hydrogen-bond acceptors (Lipinski definition) is 2. The van der Waals surface area contributed by atoms with E-state index in [1.54, 1.807) is 11.9 Å².